The van der Waals surface area contributed by atoms with E-state index in [4.69, 9.17) is 4.74 Å². The van der Waals surface area contributed by atoms with Crippen molar-refractivity contribution in [3.8, 4) is 5.75 Å². The van der Waals surface area contributed by atoms with Gasteiger partial charge in [0.2, 0.25) is 0 Å². The Hall–Kier alpha value is -0.610. The number of alkyl halides is 1. The molecule has 1 aromatic rings. The highest BCUT2D eigenvalue weighted by atomic mass is 79.9. The van der Waals surface area contributed by atoms with Crippen LogP contribution in [0.4, 0.5) is 4.39 Å². The average molecular weight is 288 g/mol. The van der Waals surface area contributed by atoms with Gasteiger partial charge in [-0.25, -0.2) is 0 Å². The summed E-state index contributed by atoms with van der Waals surface area (Å²) >= 11 is 3.50. The minimum absolute atomic E-state index is 0.264. The second kappa shape index (κ2) is 5.64. The molecule has 88 valence electrons. The van der Waals surface area contributed by atoms with Gasteiger partial charge in [-0.05, 0) is 30.7 Å². The molecule has 0 fully saturated rings. The van der Waals surface area contributed by atoms with Crippen LogP contribution in [0.5, 0.6) is 5.75 Å². The van der Waals surface area contributed by atoms with Gasteiger partial charge < -0.3 is 10.1 Å². The Bertz CT molecular complexity index is 370. The van der Waals surface area contributed by atoms with Gasteiger partial charge in [0.25, 0.3) is 0 Å². The van der Waals surface area contributed by atoms with Crippen LogP contribution in [0.15, 0.2) is 16.6 Å². The average Bonchev–Trinajstić information content (AvgIpc) is 2.72. The summed E-state index contributed by atoms with van der Waals surface area (Å²) in [6.45, 7) is 1.95. The highest BCUT2D eigenvalue weighted by Crippen LogP contribution is 2.32. The number of benzene rings is 1. The molecule has 2 rings (SSSR count). The summed E-state index contributed by atoms with van der Waals surface area (Å²) in [5.41, 5.74) is 2.41. The predicted molar refractivity (Wildman–Crippen MR) is 65.6 cm³/mol. The molecule has 0 spiro atoms. The van der Waals surface area contributed by atoms with E-state index >= 15 is 0 Å². The lowest BCUT2D eigenvalue weighted by molar-refractivity contribution is 0.352. The van der Waals surface area contributed by atoms with Crippen molar-refractivity contribution >= 4 is 15.9 Å². The molecule has 1 aromatic carbocycles. The summed E-state index contributed by atoms with van der Waals surface area (Å²) in [5.74, 6) is 1.01. The molecule has 1 aliphatic heterocycles. The maximum Gasteiger partial charge on any atom is 0.127 e. The molecule has 0 bridgehead atoms. The number of ether oxygens (including phenoxy) is 1. The van der Waals surface area contributed by atoms with Crippen LogP contribution < -0.4 is 10.1 Å². The van der Waals surface area contributed by atoms with Gasteiger partial charge in [0.1, 0.15) is 5.75 Å². The van der Waals surface area contributed by atoms with Crippen LogP contribution in [0.25, 0.3) is 0 Å². The summed E-state index contributed by atoms with van der Waals surface area (Å²) in [6.07, 6.45) is 1.54. The number of rotatable bonds is 5. The zero-order valence-corrected chi connectivity index (χ0v) is 10.6. The van der Waals surface area contributed by atoms with E-state index in [1.54, 1.807) is 0 Å². The maximum atomic E-state index is 11.9. The first kappa shape index (κ1) is 11.9. The lowest BCUT2D eigenvalue weighted by Gasteiger charge is -2.09. The predicted octanol–water partition coefficient (Wildman–Crippen LogP) is 2.83. The minimum Gasteiger partial charge on any atom is -0.493 e. The van der Waals surface area contributed by atoms with E-state index in [1.807, 2.05) is 0 Å². The summed E-state index contributed by atoms with van der Waals surface area (Å²) < 4.78 is 18.6. The molecule has 4 heteroatoms. The Kier molecular flexibility index (Phi) is 4.18. The number of hydrogen-bond donors (Lipinski definition) is 1. The fourth-order valence-corrected chi connectivity index (χ4v) is 2.44. The third kappa shape index (κ3) is 2.74. The first-order chi connectivity index (χ1) is 7.81. The SMILES string of the molecule is FCCCNCc1cc(Br)cc2c1OCC2. The second-order valence-corrected chi connectivity index (χ2v) is 4.79. The molecule has 1 N–H and O–H groups in total. The largest absolute Gasteiger partial charge is 0.493 e. The van der Waals surface area contributed by atoms with Gasteiger partial charge in [-0.15, -0.1) is 0 Å². The molecule has 1 aliphatic rings. The Morgan fingerprint density at radius 1 is 1.44 bits per heavy atom. The molecule has 0 atom stereocenters. The van der Waals surface area contributed by atoms with Crippen molar-refractivity contribution in [1.82, 2.24) is 5.32 Å². The molecule has 0 amide bonds. The maximum absolute atomic E-state index is 11.9. The van der Waals surface area contributed by atoms with Crippen molar-refractivity contribution < 1.29 is 9.13 Å². The van der Waals surface area contributed by atoms with Crippen molar-refractivity contribution in [1.29, 1.82) is 0 Å². The Morgan fingerprint density at radius 3 is 3.12 bits per heavy atom. The van der Waals surface area contributed by atoms with Crippen molar-refractivity contribution in [2.24, 2.45) is 0 Å². The number of fused-ring (bicyclic) bond motifs is 1. The zero-order valence-electron chi connectivity index (χ0n) is 9.06. The van der Waals surface area contributed by atoms with E-state index in [0.29, 0.717) is 13.0 Å². The molecule has 0 aliphatic carbocycles. The summed E-state index contributed by atoms with van der Waals surface area (Å²) in [4.78, 5) is 0. The van der Waals surface area contributed by atoms with E-state index in [2.05, 4.69) is 33.4 Å². The van der Waals surface area contributed by atoms with Crippen LogP contribution in [0.3, 0.4) is 0 Å². The Morgan fingerprint density at radius 2 is 2.31 bits per heavy atom. The zero-order chi connectivity index (χ0) is 11.4. The molecule has 0 saturated carbocycles. The molecular weight excluding hydrogens is 273 g/mol. The smallest absolute Gasteiger partial charge is 0.127 e. The van der Waals surface area contributed by atoms with Crippen LogP contribution in [-0.2, 0) is 13.0 Å². The van der Waals surface area contributed by atoms with Crippen molar-refractivity contribution in [2.75, 3.05) is 19.8 Å². The lowest BCUT2D eigenvalue weighted by atomic mass is 10.1. The van der Waals surface area contributed by atoms with E-state index in [0.717, 1.165) is 35.4 Å². The number of halogens is 2. The van der Waals surface area contributed by atoms with Crippen LogP contribution in [-0.4, -0.2) is 19.8 Å². The van der Waals surface area contributed by atoms with Gasteiger partial charge in [0.15, 0.2) is 0 Å². The van der Waals surface area contributed by atoms with Crippen molar-refractivity contribution in [2.45, 2.75) is 19.4 Å². The fourth-order valence-electron chi connectivity index (χ4n) is 1.89. The molecule has 0 saturated heterocycles. The Labute approximate surface area is 103 Å². The number of nitrogens with one attached hydrogen (secondary N) is 1. The van der Waals surface area contributed by atoms with Crippen LogP contribution in [0, 0.1) is 0 Å². The van der Waals surface area contributed by atoms with Crippen molar-refractivity contribution in [3.63, 3.8) is 0 Å². The molecule has 0 unspecified atom stereocenters. The first-order valence-electron chi connectivity index (χ1n) is 5.52. The molecule has 2 nitrogen and oxygen atoms in total. The topological polar surface area (TPSA) is 21.3 Å². The van der Waals surface area contributed by atoms with Gasteiger partial charge in [-0.2, -0.15) is 0 Å². The van der Waals surface area contributed by atoms with Crippen LogP contribution >= 0.6 is 15.9 Å². The standard InChI is InChI=1S/C12H15BrFNO/c13-11-6-9-2-5-16-12(9)10(7-11)8-15-4-1-3-14/h6-7,15H,1-5,8H2. The molecule has 16 heavy (non-hydrogen) atoms. The Balaban J connectivity index is 2.03. The molecule has 1 heterocycles. The quantitative estimate of drug-likeness (QED) is 0.841. The first-order valence-corrected chi connectivity index (χ1v) is 6.31. The minimum atomic E-state index is -0.264. The normalized spacial score (nSPS) is 13.6. The summed E-state index contributed by atoms with van der Waals surface area (Å²) in [6, 6.07) is 4.17. The van der Waals surface area contributed by atoms with Gasteiger partial charge in [-0.3, -0.25) is 4.39 Å². The lowest BCUT2D eigenvalue weighted by Crippen LogP contribution is -2.15. The third-order valence-electron chi connectivity index (χ3n) is 2.63. The second-order valence-electron chi connectivity index (χ2n) is 3.87. The van der Waals surface area contributed by atoms with Gasteiger partial charge in [0.05, 0.1) is 13.3 Å². The van der Waals surface area contributed by atoms with E-state index in [9.17, 15) is 4.39 Å². The monoisotopic (exact) mass is 287 g/mol. The van der Waals surface area contributed by atoms with E-state index < -0.39 is 0 Å². The molecule has 0 aromatic heterocycles. The molecular formula is C12H15BrFNO. The summed E-state index contributed by atoms with van der Waals surface area (Å²) in [7, 11) is 0. The van der Waals surface area contributed by atoms with E-state index in [-0.39, 0.29) is 6.67 Å². The highest BCUT2D eigenvalue weighted by molar-refractivity contribution is 9.10. The van der Waals surface area contributed by atoms with Gasteiger partial charge in [-0.1, -0.05) is 15.9 Å². The van der Waals surface area contributed by atoms with Gasteiger partial charge in [0, 0.05) is 23.0 Å². The molecule has 0 radical (unpaired) electrons. The third-order valence-corrected chi connectivity index (χ3v) is 3.09. The van der Waals surface area contributed by atoms with Crippen LogP contribution in [0.1, 0.15) is 17.5 Å². The summed E-state index contributed by atoms with van der Waals surface area (Å²) in [5, 5.41) is 3.22. The van der Waals surface area contributed by atoms with E-state index in [1.165, 1.54) is 5.56 Å². The number of hydrogen-bond acceptors (Lipinski definition) is 2. The van der Waals surface area contributed by atoms with Gasteiger partial charge >= 0.3 is 0 Å². The fraction of sp³-hybridized carbons (Fsp3) is 0.500. The highest BCUT2D eigenvalue weighted by Gasteiger charge is 2.16. The van der Waals surface area contributed by atoms with Crippen molar-refractivity contribution in [3.05, 3.63) is 27.7 Å². The van der Waals surface area contributed by atoms with Crippen LogP contribution in [0.2, 0.25) is 0 Å².